The maximum absolute atomic E-state index is 13.8. The number of amides is 1. The van der Waals surface area contributed by atoms with Crippen LogP contribution in [0, 0.1) is 11.6 Å². The number of halogens is 3. The van der Waals surface area contributed by atoms with E-state index in [0.29, 0.717) is 15.3 Å². The first kappa shape index (κ1) is 15.8. The predicted molar refractivity (Wildman–Crippen MR) is 89.6 cm³/mol. The Morgan fingerprint density at radius 2 is 1.87 bits per heavy atom. The van der Waals surface area contributed by atoms with Crippen LogP contribution in [-0.2, 0) is 0 Å². The van der Waals surface area contributed by atoms with Crippen molar-refractivity contribution >= 4 is 38.3 Å². The Morgan fingerprint density at radius 3 is 2.57 bits per heavy atom. The number of carbonyl (C=O) groups excluding carboxylic acids is 1. The number of thiazole rings is 1. The Hall–Kier alpha value is -2.12. The first-order valence-electron chi connectivity index (χ1n) is 6.51. The fraction of sp³-hybridized carbons (Fsp3) is 0. The molecule has 3 aromatic rings. The van der Waals surface area contributed by atoms with E-state index >= 15 is 0 Å². The lowest BCUT2D eigenvalue weighted by Gasteiger charge is -2.03. The molecule has 0 atom stereocenters. The summed E-state index contributed by atoms with van der Waals surface area (Å²) in [5, 5.41) is 4.64. The van der Waals surface area contributed by atoms with E-state index in [1.807, 2.05) is 0 Å². The lowest BCUT2D eigenvalue weighted by Crippen LogP contribution is -2.13. The number of carbonyl (C=O) groups is 1. The number of rotatable bonds is 3. The summed E-state index contributed by atoms with van der Waals surface area (Å²) in [7, 11) is 0. The van der Waals surface area contributed by atoms with Gasteiger partial charge in [-0.1, -0.05) is 15.9 Å². The topological polar surface area (TPSA) is 42.0 Å². The zero-order valence-electron chi connectivity index (χ0n) is 11.5. The van der Waals surface area contributed by atoms with E-state index < -0.39 is 11.7 Å². The van der Waals surface area contributed by atoms with Crippen molar-refractivity contribution in [3.63, 3.8) is 0 Å². The van der Waals surface area contributed by atoms with Gasteiger partial charge in [0.15, 0.2) is 5.13 Å². The van der Waals surface area contributed by atoms with Crippen LogP contribution in [0.15, 0.2) is 52.3 Å². The van der Waals surface area contributed by atoms with Gasteiger partial charge in [-0.2, -0.15) is 0 Å². The molecular formula is C16H9BrF2N2OS. The minimum Gasteiger partial charge on any atom is -0.298 e. The summed E-state index contributed by atoms with van der Waals surface area (Å²) in [5.41, 5.74) is 1.28. The van der Waals surface area contributed by atoms with Crippen LogP contribution < -0.4 is 5.32 Å². The van der Waals surface area contributed by atoms with Gasteiger partial charge in [0.2, 0.25) is 0 Å². The van der Waals surface area contributed by atoms with Gasteiger partial charge >= 0.3 is 0 Å². The summed E-state index contributed by atoms with van der Waals surface area (Å²) in [6.07, 6.45) is 0. The third kappa shape index (κ3) is 3.62. The standard InChI is InChI=1S/C16H9BrF2N2OS/c17-10-3-6-12(13(19)7-10)15(22)21-16-20-14(8-23-16)9-1-4-11(18)5-2-9/h1-8H,(H,20,21,22). The highest BCUT2D eigenvalue weighted by atomic mass is 79.9. The van der Waals surface area contributed by atoms with Crippen LogP contribution in [0.2, 0.25) is 0 Å². The van der Waals surface area contributed by atoms with Crippen LogP contribution in [0.25, 0.3) is 11.3 Å². The third-order valence-corrected chi connectivity index (χ3v) is 4.29. The van der Waals surface area contributed by atoms with Crippen molar-refractivity contribution in [2.45, 2.75) is 0 Å². The lowest BCUT2D eigenvalue weighted by atomic mass is 10.2. The highest BCUT2D eigenvalue weighted by Crippen LogP contribution is 2.25. The van der Waals surface area contributed by atoms with Crippen LogP contribution in [0.1, 0.15) is 10.4 Å². The molecule has 116 valence electrons. The Morgan fingerprint density at radius 1 is 1.13 bits per heavy atom. The first-order chi connectivity index (χ1) is 11.0. The number of nitrogens with one attached hydrogen (secondary N) is 1. The lowest BCUT2D eigenvalue weighted by molar-refractivity contribution is 0.102. The number of anilines is 1. The molecule has 0 spiro atoms. The number of benzene rings is 2. The highest BCUT2D eigenvalue weighted by Gasteiger charge is 2.14. The Kier molecular flexibility index (Phi) is 4.49. The molecular weight excluding hydrogens is 386 g/mol. The van der Waals surface area contributed by atoms with Crippen molar-refractivity contribution in [2.24, 2.45) is 0 Å². The minimum absolute atomic E-state index is 0.0632. The van der Waals surface area contributed by atoms with Crippen LogP contribution in [-0.4, -0.2) is 10.9 Å². The zero-order valence-corrected chi connectivity index (χ0v) is 13.9. The molecule has 1 aromatic heterocycles. The van der Waals surface area contributed by atoms with Crippen molar-refractivity contribution < 1.29 is 13.6 Å². The predicted octanol–water partition coefficient (Wildman–Crippen LogP) is 5.10. The third-order valence-electron chi connectivity index (χ3n) is 3.04. The Labute approximate surface area is 143 Å². The van der Waals surface area contributed by atoms with Crippen LogP contribution >= 0.6 is 27.3 Å². The van der Waals surface area contributed by atoms with Gasteiger partial charge in [-0.3, -0.25) is 10.1 Å². The molecule has 7 heteroatoms. The Bertz CT molecular complexity index is 865. The van der Waals surface area contributed by atoms with E-state index in [1.165, 1.54) is 35.6 Å². The number of hydrogen-bond acceptors (Lipinski definition) is 3. The van der Waals surface area contributed by atoms with Crippen LogP contribution in [0.3, 0.4) is 0 Å². The van der Waals surface area contributed by atoms with E-state index in [2.05, 4.69) is 26.2 Å². The number of hydrogen-bond donors (Lipinski definition) is 1. The number of aromatic nitrogens is 1. The molecule has 2 aromatic carbocycles. The van der Waals surface area contributed by atoms with Gasteiger partial charge in [0.05, 0.1) is 11.3 Å². The van der Waals surface area contributed by atoms with Crippen molar-refractivity contribution in [1.82, 2.24) is 4.98 Å². The molecule has 3 nitrogen and oxygen atoms in total. The molecule has 1 heterocycles. The zero-order chi connectivity index (χ0) is 16.4. The van der Waals surface area contributed by atoms with Gasteiger partial charge in [0.25, 0.3) is 5.91 Å². The molecule has 0 radical (unpaired) electrons. The summed E-state index contributed by atoms with van der Waals surface area (Å²) >= 11 is 4.35. The highest BCUT2D eigenvalue weighted by molar-refractivity contribution is 9.10. The molecule has 23 heavy (non-hydrogen) atoms. The molecule has 0 aliphatic rings. The molecule has 0 aliphatic carbocycles. The summed E-state index contributed by atoms with van der Waals surface area (Å²) in [6, 6.07) is 10.1. The van der Waals surface area contributed by atoms with E-state index in [4.69, 9.17) is 0 Å². The van der Waals surface area contributed by atoms with E-state index in [-0.39, 0.29) is 11.4 Å². The monoisotopic (exact) mass is 394 g/mol. The molecule has 0 unspecified atom stereocenters. The molecule has 1 amide bonds. The van der Waals surface area contributed by atoms with E-state index in [0.717, 1.165) is 5.56 Å². The average Bonchev–Trinajstić information content (AvgIpc) is 2.96. The van der Waals surface area contributed by atoms with Crippen molar-refractivity contribution in [1.29, 1.82) is 0 Å². The second kappa shape index (κ2) is 6.55. The quantitative estimate of drug-likeness (QED) is 0.670. The molecule has 3 rings (SSSR count). The van der Waals surface area contributed by atoms with Gasteiger partial charge in [-0.15, -0.1) is 11.3 Å². The fourth-order valence-electron chi connectivity index (χ4n) is 1.92. The molecule has 0 bridgehead atoms. The Balaban J connectivity index is 1.78. The van der Waals surface area contributed by atoms with Gasteiger partial charge < -0.3 is 0 Å². The normalized spacial score (nSPS) is 10.6. The van der Waals surface area contributed by atoms with Gasteiger partial charge in [0, 0.05) is 15.4 Å². The van der Waals surface area contributed by atoms with Gasteiger partial charge in [-0.25, -0.2) is 13.8 Å². The van der Waals surface area contributed by atoms with Gasteiger partial charge in [-0.05, 0) is 42.5 Å². The maximum Gasteiger partial charge on any atom is 0.260 e. The largest absolute Gasteiger partial charge is 0.298 e. The molecule has 0 aliphatic heterocycles. The second-order valence-electron chi connectivity index (χ2n) is 4.62. The minimum atomic E-state index is -0.618. The maximum atomic E-state index is 13.8. The summed E-state index contributed by atoms with van der Waals surface area (Å²) in [4.78, 5) is 16.3. The second-order valence-corrected chi connectivity index (χ2v) is 6.40. The fourth-order valence-corrected chi connectivity index (χ4v) is 2.97. The van der Waals surface area contributed by atoms with Crippen molar-refractivity contribution in [3.05, 3.63) is 69.5 Å². The van der Waals surface area contributed by atoms with Crippen molar-refractivity contribution in [2.75, 3.05) is 5.32 Å². The summed E-state index contributed by atoms with van der Waals surface area (Å²) < 4.78 is 27.2. The van der Waals surface area contributed by atoms with Crippen LogP contribution in [0.5, 0.6) is 0 Å². The molecule has 1 N–H and O–H groups in total. The molecule has 0 saturated heterocycles. The number of nitrogens with zero attached hydrogens (tertiary/aromatic N) is 1. The van der Waals surface area contributed by atoms with Crippen LogP contribution in [0.4, 0.5) is 13.9 Å². The van der Waals surface area contributed by atoms with Gasteiger partial charge in [0.1, 0.15) is 11.6 Å². The summed E-state index contributed by atoms with van der Waals surface area (Å²) in [6.45, 7) is 0. The first-order valence-corrected chi connectivity index (χ1v) is 8.18. The molecule has 0 saturated carbocycles. The average molecular weight is 395 g/mol. The molecule has 0 fully saturated rings. The summed E-state index contributed by atoms with van der Waals surface area (Å²) in [5.74, 6) is -1.52. The smallest absolute Gasteiger partial charge is 0.260 e. The van der Waals surface area contributed by atoms with E-state index in [1.54, 1.807) is 23.6 Å². The van der Waals surface area contributed by atoms with E-state index in [9.17, 15) is 13.6 Å². The SMILES string of the molecule is O=C(Nc1nc(-c2ccc(F)cc2)cs1)c1ccc(Br)cc1F. The van der Waals surface area contributed by atoms with Crippen molar-refractivity contribution in [3.8, 4) is 11.3 Å².